The number of hydrogen-bond acceptors (Lipinski definition) is 3. The summed E-state index contributed by atoms with van der Waals surface area (Å²) in [5.74, 6) is -1.82. The molecule has 0 radical (unpaired) electrons. The van der Waals surface area contributed by atoms with Gasteiger partial charge in [0.15, 0.2) is 0 Å². The zero-order valence-electron chi connectivity index (χ0n) is 11.3. The van der Waals surface area contributed by atoms with E-state index in [2.05, 4.69) is 24.3 Å². The number of carboxylic acids is 1. The maximum atomic E-state index is 10.9. The summed E-state index contributed by atoms with van der Waals surface area (Å²) in [6.45, 7) is -0.731. The summed E-state index contributed by atoms with van der Waals surface area (Å²) in [6.07, 6.45) is 17.3. The fourth-order valence-electron chi connectivity index (χ4n) is 1.77. The Kier molecular flexibility index (Phi) is 7.32. The van der Waals surface area contributed by atoms with Gasteiger partial charge in [-0.25, -0.2) is 4.79 Å². The number of aliphatic hydroxyl groups is 2. The molecule has 2 aliphatic rings. The maximum absolute atomic E-state index is 10.9. The molecular formula is C16H20O4. The zero-order valence-corrected chi connectivity index (χ0v) is 11.3. The van der Waals surface area contributed by atoms with E-state index in [0.717, 1.165) is 12.0 Å². The predicted molar refractivity (Wildman–Crippen MR) is 78.1 cm³/mol. The van der Waals surface area contributed by atoms with Gasteiger partial charge < -0.3 is 15.3 Å². The van der Waals surface area contributed by atoms with E-state index in [9.17, 15) is 4.79 Å². The Morgan fingerprint density at radius 3 is 2.15 bits per heavy atom. The highest BCUT2D eigenvalue weighted by atomic mass is 16.4. The SMILES string of the molecule is C1=CCC=C1.O=C(O)C(=CC1=CC=CC1)C(CO)CO. The zero-order chi connectivity index (χ0) is 14.8. The molecule has 0 aliphatic heterocycles. The highest BCUT2D eigenvalue weighted by Crippen LogP contribution is 2.18. The lowest BCUT2D eigenvalue weighted by atomic mass is 9.98. The molecule has 0 unspecified atom stereocenters. The third-order valence-corrected chi connectivity index (χ3v) is 2.92. The van der Waals surface area contributed by atoms with Crippen molar-refractivity contribution in [2.75, 3.05) is 13.2 Å². The van der Waals surface area contributed by atoms with Crippen molar-refractivity contribution in [3.05, 3.63) is 59.8 Å². The van der Waals surface area contributed by atoms with Crippen LogP contribution in [0.2, 0.25) is 0 Å². The predicted octanol–water partition coefficient (Wildman–Crippen LogP) is 1.99. The third-order valence-electron chi connectivity index (χ3n) is 2.92. The van der Waals surface area contributed by atoms with Gasteiger partial charge in [-0.1, -0.05) is 42.5 Å². The molecule has 0 atom stereocenters. The highest BCUT2D eigenvalue weighted by Gasteiger charge is 2.19. The molecule has 4 nitrogen and oxygen atoms in total. The minimum Gasteiger partial charge on any atom is -0.478 e. The molecule has 0 bridgehead atoms. The highest BCUT2D eigenvalue weighted by molar-refractivity contribution is 5.88. The Labute approximate surface area is 118 Å². The van der Waals surface area contributed by atoms with Crippen LogP contribution in [0.5, 0.6) is 0 Å². The fraction of sp³-hybridized carbons (Fsp3) is 0.312. The second kappa shape index (κ2) is 9.07. The lowest BCUT2D eigenvalue weighted by Gasteiger charge is -2.12. The smallest absolute Gasteiger partial charge is 0.332 e. The van der Waals surface area contributed by atoms with E-state index in [4.69, 9.17) is 15.3 Å². The van der Waals surface area contributed by atoms with E-state index in [1.165, 1.54) is 6.08 Å². The lowest BCUT2D eigenvalue weighted by molar-refractivity contribution is -0.133. The molecule has 2 rings (SSSR count). The molecule has 0 aromatic heterocycles. The molecule has 2 aliphatic carbocycles. The van der Waals surface area contributed by atoms with Gasteiger partial charge in [0, 0.05) is 11.5 Å². The Hall–Kier alpha value is -1.91. The molecule has 0 aromatic carbocycles. The number of carboxylic acid groups (broad SMARTS) is 1. The number of carbonyl (C=O) groups is 1. The first-order valence-corrected chi connectivity index (χ1v) is 6.53. The normalized spacial score (nSPS) is 16.4. The minimum atomic E-state index is -1.10. The summed E-state index contributed by atoms with van der Waals surface area (Å²) in [4.78, 5) is 10.9. The van der Waals surface area contributed by atoms with E-state index in [1.807, 2.05) is 18.2 Å². The molecule has 0 spiro atoms. The van der Waals surface area contributed by atoms with Gasteiger partial charge in [0.1, 0.15) is 0 Å². The van der Waals surface area contributed by atoms with Gasteiger partial charge in [-0.2, -0.15) is 0 Å². The van der Waals surface area contributed by atoms with Crippen LogP contribution < -0.4 is 0 Å². The van der Waals surface area contributed by atoms with E-state index in [0.29, 0.717) is 6.42 Å². The van der Waals surface area contributed by atoms with Crippen LogP contribution in [-0.4, -0.2) is 34.5 Å². The second-order valence-corrected chi connectivity index (χ2v) is 4.43. The van der Waals surface area contributed by atoms with Gasteiger partial charge in [-0.15, -0.1) is 0 Å². The topological polar surface area (TPSA) is 77.8 Å². The van der Waals surface area contributed by atoms with Crippen molar-refractivity contribution >= 4 is 5.97 Å². The molecule has 0 heterocycles. The van der Waals surface area contributed by atoms with Crippen molar-refractivity contribution in [2.24, 2.45) is 5.92 Å². The number of allylic oxidation sites excluding steroid dienone is 9. The van der Waals surface area contributed by atoms with Crippen LogP contribution in [0.3, 0.4) is 0 Å². The summed E-state index contributed by atoms with van der Waals surface area (Å²) >= 11 is 0. The Balaban J connectivity index is 0.000000333. The number of rotatable bonds is 5. The molecule has 3 N–H and O–H groups in total. The Morgan fingerprint density at radius 1 is 1.15 bits per heavy atom. The fourth-order valence-corrected chi connectivity index (χ4v) is 1.77. The summed E-state index contributed by atoms with van der Waals surface area (Å²) < 4.78 is 0. The number of aliphatic carboxylic acids is 1. The number of hydrogen-bond donors (Lipinski definition) is 3. The summed E-state index contributed by atoms with van der Waals surface area (Å²) in [7, 11) is 0. The molecule has 0 fully saturated rings. The van der Waals surface area contributed by atoms with Gasteiger partial charge in [0.05, 0.1) is 13.2 Å². The number of aliphatic hydroxyl groups excluding tert-OH is 2. The van der Waals surface area contributed by atoms with E-state index in [-0.39, 0.29) is 18.8 Å². The third kappa shape index (κ3) is 5.38. The summed E-state index contributed by atoms with van der Waals surface area (Å²) in [5.41, 5.74) is 0.925. The molecular weight excluding hydrogens is 256 g/mol. The molecule has 20 heavy (non-hydrogen) atoms. The van der Waals surface area contributed by atoms with E-state index in [1.54, 1.807) is 0 Å². The van der Waals surface area contributed by atoms with E-state index < -0.39 is 11.9 Å². The van der Waals surface area contributed by atoms with Gasteiger partial charge in [-0.3, -0.25) is 0 Å². The maximum Gasteiger partial charge on any atom is 0.332 e. The molecule has 108 valence electrons. The second-order valence-electron chi connectivity index (χ2n) is 4.43. The van der Waals surface area contributed by atoms with Gasteiger partial charge >= 0.3 is 5.97 Å². The summed E-state index contributed by atoms with van der Waals surface area (Å²) in [6, 6.07) is 0. The van der Waals surface area contributed by atoms with Crippen molar-refractivity contribution in [2.45, 2.75) is 12.8 Å². The Bertz CT molecular complexity index is 453. The average molecular weight is 276 g/mol. The van der Waals surface area contributed by atoms with Crippen LogP contribution in [0.15, 0.2) is 59.8 Å². The standard InChI is InChI=1S/C11H14O4.C5H6/c12-6-9(7-13)10(11(14)15)5-8-3-1-2-4-8;1-2-4-5-3-1/h1-3,5,9,12-13H,4,6-7H2,(H,14,15);1-4H,5H2. The first-order chi connectivity index (χ1) is 9.69. The van der Waals surface area contributed by atoms with Crippen molar-refractivity contribution < 1.29 is 20.1 Å². The van der Waals surface area contributed by atoms with Crippen molar-refractivity contribution in [1.29, 1.82) is 0 Å². The van der Waals surface area contributed by atoms with Crippen LogP contribution in [0.4, 0.5) is 0 Å². The first kappa shape index (κ1) is 16.1. The molecule has 4 heteroatoms. The van der Waals surface area contributed by atoms with Crippen LogP contribution in [-0.2, 0) is 4.79 Å². The minimum absolute atomic E-state index is 0.0509. The van der Waals surface area contributed by atoms with Gasteiger partial charge in [-0.05, 0) is 24.5 Å². The largest absolute Gasteiger partial charge is 0.478 e. The van der Waals surface area contributed by atoms with Crippen LogP contribution >= 0.6 is 0 Å². The van der Waals surface area contributed by atoms with Gasteiger partial charge in [0.2, 0.25) is 0 Å². The van der Waals surface area contributed by atoms with Crippen molar-refractivity contribution in [3.8, 4) is 0 Å². The quantitative estimate of drug-likeness (QED) is 0.671. The Morgan fingerprint density at radius 2 is 1.80 bits per heavy atom. The summed E-state index contributed by atoms with van der Waals surface area (Å²) in [5, 5.41) is 26.8. The van der Waals surface area contributed by atoms with Crippen molar-refractivity contribution in [1.82, 2.24) is 0 Å². The molecule has 0 saturated carbocycles. The van der Waals surface area contributed by atoms with Gasteiger partial charge in [0.25, 0.3) is 0 Å². The monoisotopic (exact) mass is 276 g/mol. The molecule has 0 amide bonds. The van der Waals surface area contributed by atoms with Crippen molar-refractivity contribution in [3.63, 3.8) is 0 Å². The molecule has 0 saturated heterocycles. The van der Waals surface area contributed by atoms with Crippen LogP contribution in [0.25, 0.3) is 0 Å². The van der Waals surface area contributed by atoms with E-state index >= 15 is 0 Å². The first-order valence-electron chi connectivity index (χ1n) is 6.53. The van der Waals surface area contributed by atoms with Crippen LogP contribution in [0.1, 0.15) is 12.8 Å². The molecule has 0 aromatic rings. The van der Waals surface area contributed by atoms with Crippen LogP contribution in [0, 0.1) is 5.92 Å². The lowest BCUT2D eigenvalue weighted by Crippen LogP contribution is -2.20. The average Bonchev–Trinajstić information content (AvgIpc) is 3.15.